The van der Waals surface area contributed by atoms with E-state index in [0.29, 0.717) is 0 Å². The minimum absolute atomic E-state index is 0.813. The van der Waals surface area contributed by atoms with Gasteiger partial charge in [-0.2, -0.15) is 5.10 Å². The van der Waals surface area contributed by atoms with E-state index in [9.17, 15) is 0 Å². The topological polar surface area (TPSA) is 45.9 Å². The molecule has 0 radical (unpaired) electrons. The lowest BCUT2D eigenvalue weighted by Crippen LogP contribution is -2.44. The van der Waals surface area contributed by atoms with Crippen molar-refractivity contribution in [1.82, 2.24) is 19.5 Å². The number of methoxy groups -OCH3 is 1. The molecule has 6 nitrogen and oxygen atoms in total. The second-order valence-electron chi connectivity index (χ2n) is 6.55. The number of imidazole rings is 1. The van der Waals surface area contributed by atoms with Gasteiger partial charge in [0, 0.05) is 31.7 Å². The molecule has 0 aliphatic carbocycles. The van der Waals surface area contributed by atoms with Crippen molar-refractivity contribution in [3.05, 3.63) is 48.8 Å². The molecule has 134 valence electrons. The Kier molecular flexibility index (Phi) is 4.34. The Bertz CT molecular complexity index is 941. The Hall–Kier alpha value is -2.86. The minimum Gasteiger partial charge on any atom is -0.495 e. The molecule has 3 aromatic rings. The summed E-state index contributed by atoms with van der Waals surface area (Å²) < 4.78 is 7.55. The molecular weight excluding hydrogens is 326 g/mol. The van der Waals surface area contributed by atoms with Crippen molar-refractivity contribution in [2.45, 2.75) is 0 Å². The highest BCUT2D eigenvalue weighted by atomic mass is 16.5. The molecule has 1 fully saturated rings. The van der Waals surface area contributed by atoms with Crippen LogP contribution in [0.15, 0.2) is 43.1 Å². The van der Waals surface area contributed by atoms with Gasteiger partial charge in [0.1, 0.15) is 5.75 Å². The molecule has 4 rings (SSSR count). The fourth-order valence-corrected chi connectivity index (χ4v) is 3.34. The molecule has 1 aromatic carbocycles. The number of rotatable bonds is 4. The first kappa shape index (κ1) is 16.6. The quantitative estimate of drug-likeness (QED) is 0.725. The van der Waals surface area contributed by atoms with E-state index >= 15 is 0 Å². The van der Waals surface area contributed by atoms with Crippen LogP contribution in [0.5, 0.6) is 5.75 Å². The number of likely N-dealkylation sites (N-methyl/N-ethyl adjacent to an activating group) is 1. The lowest BCUT2D eigenvalue weighted by molar-refractivity contribution is 0.311. The van der Waals surface area contributed by atoms with E-state index in [1.807, 2.05) is 22.8 Å². The SMILES string of the molecule is C=Cc1ccc2ncc(-c3ccc(N4CCN(C)CC4)c(OC)c3)n2n1. The van der Waals surface area contributed by atoms with Gasteiger partial charge in [0.15, 0.2) is 5.65 Å². The number of hydrogen-bond acceptors (Lipinski definition) is 5. The minimum atomic E-state index is 0.813. The van der Waals surface area contributed by atoms with Crippen LogP contribution in [0.25, 0.3) is 23.0 Å². The second kappa shape index (κ2) is 6.80. The Balaban J connectivity index is 1.73. The third-order valence-corrected chi connectivity index (χ3v) is 4.91. The average molecular weight is 349 g/mol. The van der Waals surface area contributed by atoms with Crippen molar-refractivity contribution < 1.29 is 4.74 Å². The maximum atomic E-state index is 5.70. The van der Waals surface area contributed by atoms with Gasteiger partial charge in [-0.3, -0.25) is 0 Å². The van der Waals surface area contributed by atoms with E-state index in [1.165, 1.54) is 0 Å². The summed E-state index contributed by atoms with van der Waals surface area (Å²) >= 11 is 0. The summed E-state index contributed by atoms with van der Waals surface area (Å²) in [4.78, 5) is 9.18. The van der Waals surface area contributed by atoms with Crippen molar-refractivity contribution in [2.75, 3.05) is 45.2 Å². The van der Waals surface area contributed by atoms with E-state index in [-0.39, 0.29) is 0 Å². The van der Waals surface area contributed by atoms with Crippen LogP contribution in [0.4, 0.5) is 5.69 Å². The Morgan fingerprint density at radius 2 is 1.92 bits per heavy atom. The normalized spacial score (nSPS) is 15.4. The Morgan fingerprint density at radius 1 is 1.12 bits per heavy atom. The van der Waals surface area contributed by atoms with Gasteiger partial charge < -0.3 is 14.5 Å². The van der Waals surface area contributed by atoms with Crippen LogP contribution in [-0.4, -0.2) is 59.8 Å². The molecule has 26 heavy (non-hydrogen) atoms. The maximum Gasteiger partial charge on any atom is 0.154 e. The van der Waals surface area contributed by atoms with Gasteiger partial charge in [0.25, 0.3) is 0 Å². The van der Waals surface area contributed by atoms with E-state index in [1.54, 1.807) is 13.2 Å². The highest BCUT2D eigenvalue weighted by molar-refractivity contribution is 5.71. The fourth-order valence-electron chi connectivity index (χ4n) is 3.34. The number of ether oxygens (including phenoxy) is 1. The lowest BCUT2D eigenvalue weighted by atomic mass is 10.1. The number of piperazine rings is 1. The van der Waals surface area contributed by atoms with E-state index < -0.39 is 0 Å². The van der Waals surface area contributed by atoms with E-state index in [0.717, 1.165) is 60.2 Å². The van der Waals surface area contributed by atoms with Crippen molar-refractivity contribution in [2.24, 2.45) is 0 Å². The van der Waals surface area contributed by atoms with Crippen molar-refractivity contribution in [3.8, 4) is 17.0 Å². The first-order valence-electron chi connectivity index (χ1n) is 8.79. The average Bonchev–Trinajstić information content (AvgIpc) is 3.11. The first-order chi connectivity index (χ1) is 12.7. The molecule has 1 saturated heterocycles. The zero-order chi connectivity index (χ0) is 18.1. The van der Waals surface area contributed by atoms with Crippen molar-refractivity contribution >= 4 is 17.4 Å². The standard InChI is InChI=1S/C20H23N5O/c1-4-16-6-8-20-21-14-18(25(20)22-16)15-5-7-17(19(13-15)26-3)24-11-9-23(2)10-12-24/h4-8,13-14H,1,9-12H2,2-3H3. The van der Waals surface area contributed by atoms with Gasteiger partial charge in [-0.05, 0) is 37.4 Å². The molecule has 1 aliphatic rings. The van der Waals surface area contributed by atoms with Gasteiger partial charge in [0.05, 0.1) is 30.4 Å². The first-order valence-corrected chi connectivity index (χ1v) is 8.79. The molecule has 2 aromatic heterocycles. The molecule has 0 atom stereocenters. The molecular formula is C20H23N5O. The molecule has 1 aliphatic heterocycles. The fraction of sp³-hybridized carbons (Fsp3) is 0.300. The molecule has 3 heterocycles. The third kappa shape index (κ3) is 2.93. The van der Waals surface area contributed by atoms with Gasteiger partial charge >= 0.3 is 0 Å². The summed E-state index contributed by atoms with van der Waals surface area (Å²) in [5.74, 6) is 0.877. The smallest absolute Gasteiger partial charge is 0.154 e. The molecule has 0 amide bonds. The van der Waals surface area contributed by atoms with Gasteiger partial charge in [0.2, 0.25) is 0 Å². The largest absolute Gasteiger partial charge is 0.495 e. The van der Waals surface area contributed by atoms with Gasteiger partial charge in [-0.1, -0.05) is 12.6 Å². The number of anilines is 1. The lowest BCUT2D eigenvalue weighted by Gasteiger charge is -2.34. The maximum absolute atomic E-state index is 5.70. The van der Waals surface area contributed by atoms with Crippen LogP contribution in [0.2, 0.25) is 0 Å². The predicted octanol–water partition coefficient (Wildman–Crippen LogP) is 2.80. The van der Waals surface area contributed by atoms with Crippen molar-refractivity contribution in [3.63, 3.8) is 0 Å². The summed E-state index contributed by atoms with van der Waals surface area (Å²) in [7, 11) is 3.88. The van der Waals surface area contributed by atoms with E-state index in [2.05, 4.69) is 51.7 Å². The second-order valence-corrected chi connectivity index (χ2v) is 6.55. The zero-order valence-electron chi connectivity index (χ0n) is 15.2. The molecule has 0 spiro atoms. The van der Waals surface area contributed by atoms with Crippen LogP contribution in [0, 0.1) is 0 Å². The Morgan fingerprint density at radius 3 is 2.65 bits per heavy atom. The van der Waals surface area contributed by atoms with Crippen LogP contribution < -0.4 is 9.64 Å². The number of nitrogens with zero attached hydrogens (tertiary/aromatic N) is 5. The summed E-state index contributed by atoms with van der Waals surface area (Å²) in [5.41, 5.74) is 4.73. The van der Waals surface area contributed by atoms with Gasteiger partial charge in [-0.15, -0.1) is 0 Å². The van der Waals surface area contributed by atoms with E-state index in [4.69, 9.17) is 4.74 Å². The predicted molar refractivity (Wildman–Crippen MR) is 105 cm³/mol. The van der Waals surface area contributed by atoms with Crippen molar-refractivity contribution in [1.29, 1.82) is 0 Å². The zero-order valence-corrected chi connectivity index (χ0v) is 15.2. The highest BCUT2D eigenvalue weighted by Crippen LogP contribution is 2.34. The molecule has 6 heteroatoms. The molecule has 0 bridgehead atoms. The van der Waals surface area contributed by atoms with Crippen LogP contribution in [0.3, 0.4) is 0 Å². The van der Waals surface area contributed by atoms with Crippen LogP contribution in [-0.2, 0) is 0 Å². The van der Waals surface area contributed by atoms with Crippen LogP contribution >= 0.6 is 0 Å². The van der Waals surface area contributed by atoms with Gasteiger partial charge in [-0.25, -0.2) is 9.50 Å². The summed E-state index contributed by atoms with van der Waals surface area (Å²) in [6.07, 6.45) is 3.58. The molecule has 0 N–H and O–H groups in total. The summed E-state index contributed by atoms with van der Waals surface area (Å²) in [6, 6.07) is 10.2. The summed E-state index contributed by atoms with van der Waals surface area (Å²) in [5, 5.41) is 4.59. The molecule has 0 unspecified atom stereocenters. The monoisotopic (exact) mass is 349 g/mol. The molecule has 0 saturated carbocycles. The number of hydrogen-bond donors (Lipinski definition) is 0. The number of benzene rings is 1. The van der Waals surface area contributed by atoms with Crippen LogP contribution in [0.1, 0.15) is 5.69 Å². The number of fused-ring (bicyclic) bond motifs is 1. The summed E-state index contributed by atoms with van der Waals surface area (Å²) in [6.45, 7) is 7.93. The number of aromatic nitrogens is 3. The third-order valence-electron chi connectivity index (χ3n) is 4.91. The Labute approximate surface area is 153 Å². The highest BCUT2D eigenvalue weighted by Gasteiger charge is 2.19.